The summed E-state index contributed by atoms with van der Waals surface area (Å²) in [4.78, 5) is 11.7. The van der Waals surface area contributed by atoms with Crippen molar-refractivity contribution in [1.82, 2.24) is 9.88 Å². The van der Waals surface area contributed by atoms with Crippen LogP contribution in [0.25, 0.3) is 5.69 Å². The number of aliphatic hydroxyl groups is 1. The number of amides is 1. The fraction of sp³-hybridized carbons (Fsp3) is 0.214. The van der Waals surface area contributed by atoms with Crippen molar-refractivity contribution in [1.29, 1.82) is 0 Å². The minimum Gasteiger partial charge on any atom is -0.390 e. The number of benzene rings is 1. The molecule has 1 aromatic carbocycles. The van der Waals surface area contributed by atoms with Crippen LogP contribution in [0.2, 0.25) is 0 Å². The van der Waals surface area contributed by atoms with Crippen molar-refractivity contribution in [2.75, 3.05) is 13.2 Å². The first kappa shape index (κ1) is 14.2. The quantitative estimate of drug-likeness (QED) is 0.878. The minimum atomic E-state index is -3.30. The van der Waals surface area contributed by atoms with Crippen LogP contribution in [0.15, 0.2) is 48.8 Å². The number of carbonyl (C=O) groups is 1. The first-order valence-electron chi connectivity index (χ1n) is 6.02. The molecule has 2 N–H and O–H groups in total. The van der Waals surface area contributed by atoms with Crippen LogP contribution in [0, 0.1) is 0 Å². The van der Waals surface area contributed by atoms with Crippen molar-refractivity contribution in [3.63, 3.8) is 0 Å². The van der Waals surface area contributed by atoms with Crippen molar-refractivity contribution in [2.24, 2.45) is 0 Å². The number of halogens is 2. The predicted octanol–water partition coefficient (Wildman–Crippen LogP) is 1.83. The van der Waals surface area contributed by atoms with E-state index in [0.29, 0.717) is 0 Å². The van der Waals surface area contributed by atoms with Gasteiger partial charge in [0.25, 0.3) is 11.8 Å². The molecule has 0 aliphatic heterocycles. The lowest BCUT2D eigenvalue weighted by Gasteiger charge is -2.14. The van der Waals surface area contributed by atoms with E-state index in [4.69, 9.17) is 5.11 Å². The molecule has 2 rings (SSSR count). The Hall–Kier alpha value is -2.21. The van der Waals surface area contributed by atoms with Gasteiger partial charge in [0.1, 0.15) is 6.61 Å². The number of aliphatic hydroxyl groups excluding tert-OH is 1. The summed E-state index contributed by atoms with van der Waals surface area (Å²) in [6.45, 7) is -2.18. The van der Waals surface area contributed by atoms with Gasteiger partial charge in [0.05, 0.1) is 6.54 Å². The van der Waals surface area contributed by atoms with E-state index in [1.54, 1.807) is 24.3 Å². The summed E-state index contributed by atoms with van der Waals surface area (Å²) in [6, 6.07) is 10.3. The Morgan fingerprint density at radius 2 is 1.80 bits per heavy atom. The van der Waals surface area contributed by atoms with Crippen molar-refractivity contribution in [3.8, 4) is 5.69 Å². The average Bonchev–Trinajstić information content (AvgIpc) is 2.99. The summed E-state index contributed by atoms with van der Waals surface area (Å²) in [6.07, 6.45) is 3.72. The standard InChI is InChI=1S/C14H14F2N2O2/c15-14(16,10-19)9-17-13(20)11-3-5-12(6-4-11)18-7-1-2-8-18/h1-8,19H,9-10H2,(H,17,20). The fourth-order valence-electron chi connectivity index (χ4n) is 1.66. The number of carbonyl (C=O) groups excluding carboxylic acids is 1. The van der Waals surface area contributed by atoms with Crippen LogP contribution in [-0.4, -0.2) is 34.7 Å². The zero-order chi connectivity index (χ0) is 14.6. The molecule has 0 saturated heterocycles. The van der Waals surface area contributed by atoms with Crippen LogP contribution in [-0.2, 0) is 0 Å². The molecule has 0 aliphatic carbocycles. The van der Waals surface area contributed by atoms with Crippen LogP contribution >= 0.6 is 0 Å². The maximum atomic E-state index is 12.8. The molecule has 1 heterocycles. The van der Waals surface area contributed by atoms with Crippen molar-refractivity contribution >= 4 is 5.91 Å². The maximum absolute atomic E-state index is 12.8. The van der Waals surface area contributed by atoms with Gasteiger partial charge in [-0.3, -0.25) is 4.79 Å². The highest BCUT2D eigenvalue weighted by molar-refractivity contribution is 5.94. The molecule has 1 amide bonds. The zero-order valence-corrected chi connectivity index (χ0v) is 10.6. The van der Waals surface area contributed by atoms with Crippen molar-refractivity contribution < 1.29 is 18.7 Å². The Balaban J connectivity index is 2.01. The summed E-state index contributed by atoms with van der Waals surface area (Å²) in [5.74, 6) is -3.90. The Labute approximate surface area is 114 Å². The molecule has 6 heteroatoms. The van der Waals surface area contributed by atoms with Crippen molar-refractivity contribution in [3.05, 3.63) is 54.4 Å². The van der Waals surface area contributed by atoms with Crippen LogP contribution in [0.4, 0.5) is 8.78 Å². The third-order valence-corrected chi connectivity index (χ3v) is 2.77. The Kier molecular flexibility index (Phi) is 4.14. The first-order chi connectivity index (χ1) is 9.52. The smallest absolute Gasteiger partial charge is 0.287 e. The Bertz CT molecular complexity index is 565. The summed E-state index contributed by atoms with van der Waals surface area (Å²) in [7, 11) is 0. The summed E-state index contributed by atoms with van der Waals surface area (Å²) in [5.41, 5.74) is 1.15. The van der Waals surface area contributed by atoms with Crippen LogP contribution in [0.5, 0.6) is 0 Å². The maximum Gasteiger partial charge on any atom is 0.287 e. The van der Waals surface area contributed by atoms with Gasteiger partial charge in [0.15, 0.2) is 0 Å². The van der Waals surface area contributed by atoms with Gasteiger partial charge in [-0.1, -0.05) is 0 Å². The molecule has 4 nitrogen and oxygen atoms in total. The molecular formula is C14H14F2N2O2. The van der Waals surface area contributed by atoms with Crippen LogP contribution in [0.1, 0.15) is 10.4 Å². The van der Waals surface area contributed by atoms with Gasteiger partial charge in [0.2, 0.25) is 0 Å². The van der Waals surface area contributed by atoms with Gasteiger partial charge < -0.3 is 15.0 Å². The van der Waals surface area contributed by atoms with E-state index >= 15 is 0 Å². The lowest BCUT2D eigenvalue weighted by molar-refractivity contribution is -0.0462. The molecule has 20 heavy (non-hydrogen) atoms. The molecule has 0 bridgehead atoms. The number of aromatic nitrogens is 1. The first-order valence-corrected chi connectivity index (χ1v) is 6.02. The van der Waals surface area contributed by atoms with E-state index in [9.17, 15) is 13.6 Å². The van der Waals surface area contributed by atoms with Gasteiger partial charge in [0, 0.05) is 23.6 Å². The molecule has 0 atom stereocenters. The molecular weight excluding hydrogens is 266 g/mol. The van der Waals surface area contributed by atoms with E-state index in [1.807, 2.05) is 29.1 Å². The van der Waals surface area contributed by atoms with Crippen LogP contribution < -0.4 is 5.32 Å². The third kappa shape index (κ3) is 3.42. The lowest BCUT2D eigenvalue weighted by Crippen LogP contribution is -2.38. The number of nitrogens with zero attached hydrogens (tertiary/aromatic N) is 1. The molecule has 1 aromatic heterocycles. The van der Waals surface area contributed by atoms with E-state index < -0.39 is 25.0 Å². The molecule has 2 aromatic rings. The van der Waals surface area contributed by atoms with E-state index in [2.05, 4.69) is 5.32 Å². The fourth-order valence-corrected chi connectivity index (χ4v) is 1.66. The molecule has 106 valence electrons. The summed E-state index contributed by atoms with van der Waals surface area (Å²) in [5, 5.41) is 10.5. The Morgan fingerprint density at radius 3 is 2.35 bits per heavy atom. The highest BCUT2D eigenvalue weighted by Gasteiger charge is 2.28. The topological polar surface area (TPSA) is 54.3 Å². The number of hydrogen-bond acceptors (Lipinski definition) is 2. The minimum absolute atomic E-state index is 0.287. The van der Waals surface area contributed by atoms with E-state index in [-0.39, 0.29) is 5.56 Å². The number of nitrogens with one attached hydrogen (secondary N) is 1. The second-order valence-corrected chi connectivity index (χ2v) is 4.33. The normalized spacial score (nSPS) is 11.3. The molecule has 0 fully saturated rings. The summed E-state index contributed by atoms with van der Waals surface area (Å²) >= 11 is 0. The van der Waals surface area contributed by atoms with E-state index in [1.165, 1.54) is 0 Å². The number of rotatable bonds is 5. The lowest BCUT2D eigenvalue weighted by atomic mass is 10.2. The van der Waals surface area contributed by atoms with E-state index in [0.717, 1.165) is 5.69 Å². The van der Waals surface area contributed by atoms with Gasteiger partial charge in [-0.2, -0.15) is 0 Å². The van der Waals surface area contributed by atoms with Gasteiger partial charge >= 0.3 is 0 Å². The highest BCUT2D eigenvalue weighted by Crippen LogP contribution is 2.12. The Morgan fingerprint density at radius 1 is 1.20 bits per heavy atom. The van der Waals surface area contributed by atoms with Crippen LogP contribution in [0.3, 0.4) is 0 Å². The van der Waals surface area contributed by atoms with Crippen molar-refractivity contribution in [2.45, 2.75) is 5.92 Å². The largest absolute Gasteiger partial charge is 0.390 e. The number of hydrogen-bond donors (Lipinski definition) is 2. The molecule has 0 unspecified atom stereocenters. The van der Waals surface area contributed by atoms with Gasteiger partial charge in [-0.25, -0.2) is 8.78 Å². The third-order valence-electron chi connectivity index (χ3n) is 2.77. The average molecular weight is 280 g/mol. The second-order valence-electron chi connectivity index (χ2n) is 4.33. The second kappa shape index (κ2) is 5.83. The summed E-state index contributed by atoms with van der Waals surface area (Å²) < 4.78 is 27.5. The molecule has 0 saturated carbocycles. The predicted molar refractivity (Wildman–Crippen MR) is 70.1 cm³/mol. The molecule has 0 radical (unpaired) electrons. The monoisotopic (exact) mass is 280 g/mol. The molecule has 0 spiro atoms. The zero-order valence-electron chi connectivity index (χ0n) is 10.6. The highest BCUT2D eigenvalue weighted by atomic mass is 19.3. The van der Waals surface area contributed by atoms with Gasteiger partial charge in [-0.15, -0.1) is 0 Å². The van der Waals surface area contributed by atoms with Gasteiger partial charge in [-0.05, 0) is 36.4 Å². The number of alkyl halides is 2. The molecule has 0 aliphatic rings. The SMILES string of the molecule is O=C(NCC(F)(F)CO)c1ccc(-n2cccc2)cc1.